The van der Waals surface area contributed by atoms with E-state index >= 15 is 0 Å². The molecule has 4 rings (SSSR count). The zero-order valence-electron chi connectivity index (χ0n) is 14.3. The quantitative estimate of drug-likeness (QED) is 0.870. The van der Waals surface area contributed by atoms with Gasteiger partial charge < -0.3 is 14.4 Å². The highest BCUT2D eigenvalue weighted by Gasteiger charge is 2.27. The number of aromatic nitrogens is 3. The summed E-state index contributed by atoms with van der Waals surface area (Å²) < 4.78 is 2.47. The minimum absolute atomic E-state index is 0.556. The standard InChI is InChI=1S/C18H27N5/c1-21-10-6-15(7-11-21)23-17(12-14-5-9-22(2)13-14)20-16-4-3-8-19-18(16)23/h3-4,8,14-15H,5-7,9-13H2,1-2H3. The van der Waals surface area contributed by atoms with Crippen LogP contribution in [-0.2, 0) is 6.42 Å². The number of rotatable bonds is 3. The average Bonchev–Trinajstić information content (AvgIpc) is 3.12. The monoisotopic (exact) mass is 313 g/mol. The van der Waals surface area contributed by atoms with Gasteiger partial charge in [0.1, 0.15) is 11.3 Å². The molecule has 1 atom stereocenters. The molecular weight excluding hydrogens is 286 g/mol. The number of pyridine rings is 1. The van der Waals surface area contributed by atoms with Crippen LogP contribution in [0.4, 0.5) is 0 Å². The van der Waals surface area contributed by atoms with Crippen molar-refractivity contribution in [2.75, 3.05) is 40.3 Å². The van der Waals surface area contributed by atoms with Crippen LogP contribution in [0.15, 0.2) is 18.3 Å². The predicted octanol–water partition coefficient (Wildman–Crippen LogP) is 2.19. The van der Waals surface area contributed by atoms with Crippen LogP contribution < -0.4 is 0 Å². The molecule has 2 aromatic heterocycles. The summed E-state index contributed by atoms with van der Waals surface area (Å²) in [6.45, 7) is 4.76. The van der Waals surface area contributed by atoms with Gasteiger partial charge in [-0.05, 0) is 71.0 Å². The predicted molar refractivity (Wildman–Crippen MR) is 92.6 cm³/mol. The second kappa shape index (κ2) is 6.21. The molecule has 4 heterocycles. The smallest absolute Gasteiger partial charge is 0.160 e. The maximum Gasteiger partial charge on any atom is 0.160 e. The summed E-state index contributed by atoms with van der Waals surface area (Å²) in [4.78, 5) is 14.5. The average molecular weight is 313 g/mol. The molecule has 0 saturated carbocycles. The Morgan fingerprint density at radius 2 is 1.87 bits per heavy atom. The van der Waals surface area contributed by atoms with Gasteiger partial charge >= 0.3 is 0 Å². The largest absolute Gasteiger partial charge is 0.309 e. The van der Waals surface area contributed by atoms with Crippen LogP contribution in [0, 0.1) is 5.92 Å². The van der Waals surface area contributed by atoms with E-state index in [1.54, 1.807) is 0 Å². The molecule has 5 nitrogen and oxygen atoms in total. The van der Waals surface area contributed by atoms with Gasteiger partial charge in [-0.3, -0.25) is 0 Å². The topological polar surface area (TPSA) is 37.2 Å². The van der Waals surface area contributed by atoms with E-state index in [-0.39, 0.29) is 0 Å². The third-order valence-electron chi connectivity index (χ3n) is 5.54. The number of nitrogens with zero attached hydrogens (tertiary/aromatic N) is 5. The first-order valence-electron chi connectivity index (χ1n) is 8.89. The van der Waals surface area contributed by atoms with Crippen molar-refractivity contribution in [1.29, 1.82) is 0 Å². The number of imidazole rings is 1. The van der Waals surface area contributed by atoms with E-state index in [0.29, 0.717) is 6.04 Å². The number of hydrogen-bond donors (Lipinski definition) is 0. The summed E-state index contributed by atoms with van der Waals surface area (Å²) in [6, 6.07) is 4.67. The van der Waals surface area contributed by atoms with Crippen LogP contribution in [0.2, 0.25) is 0 Å². The Hall–Kier alpha value is -1.46. The van der Waals surface area contributed by atoms with Gasteiger partial charge in [-0.2, -0.15) is 0 Å². The molecule has 0 aliphatic carbocycles. The summed E-state index contributed by atoms with van der Waals surface area (Å²) >= 11 is 0. The number of fused-ring (bicyclic) bond motifs is 1. The van der Waals surface area contributed by atoms with E-state index in [1.165, 1.54) is 51.3 Å². The Bertz CT molecular complexity index is 671. The molecule has 2 aliphatic rings. The Kier molecular flexibility index (Phi) is 4.07. The van der Waals surface area contributed by atoms with E-state index in [4.69, 9.17) is 4.98 Å². The lowest BCUT2D eigenvalue weighted by atomic mass is 10.0. The molecule has 1 unspecified atom stereocenters. The molecule has 2 aliphatic heterocycles. The van der Waals surface area contributed by atoms with E-state index in [9.17, 15) is 0 Å². The van der Waals surface area contributed by atoms with Crippen LogP contribution in [-0.4, -0.2) is 64.6 Å². The van der Waals surface area contributed by atoms with Crippen molar-refractivity contribution < 1.29 is 0 Å². The molecule has 2 aromatic rings. The molecule has 0 bridgehead atoms. The van der Waals surface area contributed by atoms with Gasteiger partial charge in [0.15, 0.2) is 5.65 Å². The highest BCUT2D eigenvalue weighted by molar-refractivity contribution is 5.71. The first-order chi connectivity index (χ1) is 11.2. The summed E-state index contributed by atoms with van der Waals surface area (Å²) in [6.07, 6.45) is 6.70. The molecule has 5 heteroatoms. The second-order valence-corrected chi connectivity index (χ2v) is 7.40. The van der Waals surface area contributed by atoms with Gasteiger partial charge in [0.05, 0.1) is 0 Å². The molecule has 0 aromatic carbocycles. The molecule has 2 saturated heterocycles. The third kappa shape index (κ3) is 3.00. The second-order valence-electron chi connectivity index (χ2n) is 7.40. The summed E-state index contributed by atoms with van der Waals surface area (Å²) in [5, 5.41) is 0. The van der Waals surface area contributed by atoms with Gasteiger partial charge in [0, 0.05) is 25.2 Å². The van der Waals surface area contributed by atoms with Gasteiger partial charge in [0.25, 0.3) is 0 Å². The Morgan fingerprint density at radius 3 is 2.61 bits per heavy atom. The molecule has 124 valence electrons. The molecule has 0 N–H and O–H groups in total. The van der Waals surface area contributed by atoms with Crippen molar-refractivity contribution in [3.8, 4) is 0 Å². The fourth-order valence-corrected chi connectivity index (χ4v) is 4.21. The van der Waals surface area contributed by atoms with Crippen LogP contribution in [0.1, 0.15) is 31.1 Å². The van der Waals surface area contributed by atoms with E-state index in [0.717, 1.165) is 23.5 Å². The fraction of sp³-hybridized carbons (Fsp3) is 0.667. The van der Waals surface area contributed by atoms with Crippen molar-refractivity contribution in [3.63, 3.8) is 0 Å². The minimum atomic E-state index is 0.556. The van der Waals surface area contributed by atoms with Crippen LogP contribution in [0.25, 0.3) is 11.2 Å². The van der Waals surface area contributed by atoms with E-state index in [1.807, 2.05) is 12.3 Å². The summed E-state index contributed by atoms with van der Waals surface area (Å²) in [5.41, 5.74) is 2.15. The Balaban J connectivity index is 1.67. The van der Waals surface area contributed by atoms with Gasteiger partial charge in [0.2, 0.25) is 0 Å². The minimum Gasteiger partial charge on any atom is -0.309 e. The molecule has 0 spiro atoms. The van der Waals surface area contributed by atoms with E-state index in [2.05, 4.69) is 39.5 Å². The molecular formula is C18H27N5. The van der Waals surface area contributed by atoms with Crippen molar-refractivity contribution in [3.05, 3.63) is 24.2 Å². The van der Waals surface area contributed by atoms with Gasteiger partial charge in [-0.25, -0.2) is 9.97 Å². The first-order valence-corrected chi connectivity index (χ1v) is 8.89. The number of piperidine rings is 1. The molecule has 2 fully saturated rings. The zero-order valence-corrected chi connectivity index (χ0v) is 14.3. The van der Waals surface area contributed by atoms with Crippen molar-refractivity contribution in [1.82, 2.24) is 24.3 Å². The normalized spacial score (nSPS) is 24.7. The summed E-state index contributed by atoms with van der Waals surface area (Å²) in [7, 11) is 4.44. The Labute approximate surface area is 138 Å². The number of hydrogen-bond acceptors (Lipinski definition) is 4. The maximum absolute atomic E-state index is 4.96. The van der Waals surface area contributed by atoms with Crippen LogP contribution >= 0.6 is 0 Å². The number of likely N-dealkylation sites (tertiary alicyclic amines) is 2. The highest BCUT2D eigenvalue weighted by Crippen LogP contribution is 2.29. The Morgan fingerprint density at radius 1 is 1.09 bits per heavy atom. The third-order valence-corrected chi connectivity index (χ3v) is 5.54. The maximum atomic E-state index is 4.96. The molecule has 0 radical (unpaired) electrons. The van der Waals surface area contributed by atoms with Gasteiger partial charge in [-0.15, -0.1) is 0 Å². The van der Waals surface area contributed by atoms with Crippen molar-refractivity contribution in [2.45, 2.75) is 31.7 Å². The lowest BCUT2D eigenvalue weighted by molar-refractivity contribution is 0.220. The van der Waals surface area contributed by atoms with Gasteiger partial charge in [-0.1, -0.05) is 0 Å². The van der Waals surface area contributed by atoms with Crippen LogP contribution in [0.3, 0.4) is 0 Å². The van der Waals surface area contributed by atoms with Crippen molar-refractivity contribution in [2.24, 2.45) is 5.92 Å². The lowest BCUT2D eigenvalue weighted by Crippen LogP contribution is -2.32. The van der Waals surface area contributed by atoms with Crippen LogP contribution in [0.5, 0.6) is 0 Å². The SMILES string of the molecule is CN1CCC(n2c(CC3CCN(C)C3)nc3cccnc32)CC1. The zero-order chi connectivity index (χ0) is 15.8. The fourth-order valence-electron chi connectivity index (χ4n) is 4.21. The molecule has 23 heavy (non-hydrogen) atoms. The summed E-state index contributed by atoms with van der Waals surface area (Å²) in [5.74, 6) is 2.00. The highest BCUT2D eigenvalue weighted by atomic mass is 15.2. The first kappa shape index (κ1) is 15.1. The lowest BCUT2D eigenvalue weighted by Gasteiger charge is -2.31. The molecule has 0 amide bonds. The van der Waals surface area contributed by atoms with Crippen molar-refractivity contribution >= 4 is 11.2 Å². The van der Waals surface area contributed by atoms with E-state index < -0.39 is 0 Å².